The molecule has 2 heterocycles. The molecule has 0 aliphatic carbocycles. The second-order valence-corrected chi connectivity index (χ2v) is 6.93. The van der Waals surface area contributed by atoms with Gasteiger partial charge in [0, 0.05) is 22.9 Å². The predicted molar refractivity (Wildman–Crippen MR) is 111 cm³/mol. The Balaban J connectivity index is 1.78. The lowest BCUT2D eigenvalue weighted by Gasteiger charge is -2.11. The SMILES string of the molecule is Nc1ccc(-c2cccc(-c3nc(-c4ccc(C(F)(F)F)cc4)cc(C(F)F)n3)c2)cn1. The van der Waals surface area contributed by atoms with Gasteiger partial charge in [-0.2, -0.15) is 13.2 Å². The van der Waals surface area contributed by atoms with Gasteiger partial charge in [0.15, 0.2) is 5.82 Å². The first-order valence-corrected chi connectivity index (χ1v) is 9.38. The Bertz CT molecular complexity index is 1240. The van der Waals surface area contributed by atoms with Crippen LogP contribution in [0.25, 0.3) is 33.8 Å². The van der Waals surface area contributed by atoms with Crippen LogP contribution in [0.4, 0.5) is 27.8 Å². The van der Waals surface area contributed by atoms with E-state index in [0.29, 0.717) is 11.4 Å². The highest BCUT2D eigenvalue weighted by Crippen LogP contribution is 2.32. The van der Waals surface area contributed by atoms with E-state index in [2.05, 4.69) is 15.0 Å². The van der Waals surface area contributed by atoms with Gasteiger partial charge in [-0.3, -0.25) is 0 Å². The molecule has 4 nitrogen and oxygen atoms in total. The molecule has 9 heteroatoms. The average Bonchev–Trinajstić information content (AvgIpc) is 2.79. The standard InChI is InChI=1S/C23H15F5N4/c24-21(25)19-11-18(13-4-7-17(8-5-13)23(26,27)28)31-22(32-19)15-3-1-2-14(10-15)16-6-9-20(29)30-12-16/h1-12,21H,(H2,29,30). The molecule has 4 aromatic rings. The van der Waals surface area contributed by atoms with Gasteiger partial charge in [-0.05, 0) is 42.0 Å². The van der Waals surface area contributed by atoms with E-state index >= 15 is 0 Å². The summed E-state index contributed by atoms with van der Waals surface area (Å²) in [6.07, 6.45) is -5.80. The van der Waals surface area contributed by atoms with E-state index in [1.807, 2.05) is 6.07 Å². The van der Waals surface area contributed by atoms with Crippen LogP contribution in [0.2, 0.25) is 0 Å². The summed E-state index contributed by atoms with van der Waals surface area (Å²) in [6, 6.07) is 15.5. The largest absolute Gasteiger partial charge is 0.416 e. The minimum Gasteiger partial charge on any atom is -0.384 e. The van der Waals surface area contributed by atoms with Gasteiger partial charge in [-0.1, -0.05) is 30.3 Å². The molecule has 0 radical (unpaired) electrons. The van der Waals surface area contributed by atoms with Gasteiger partial charge in [0.2, 0.25) is 0 Å². The molecule has 0 aliphatic rings. The molecule has 0 bridgehead atoms. The number of rotatable bonds is 4. The van der Waals surface area contributed by atoms with Crippen molar-refractivity contribution in [3.05, 3.63) is 84.2 Å². The number of pyridine rings is 1. The summed E-state index contributed by atoms with van der Waals surface area (Å²) in [7, 11) is 0. The first-order valence-electron chi connectivity index (χ1n) is 9.38. The molecule has 0 fully saturated rings. The highest BCUT2D eigenvalue weighted by molar-refractivity contribution is 5.71. The van der Waals surface area contributed by atoms with Crippen LogP contribution >= 0.6 is 0 Å². The van der Waals surface area contributed by atoms with Crippen molar-refractivity contribution in [2.45, 2.75) is 12.6 Å². The number of nitrogens with two attached hydrogens (primary N) is 1. The number of aromatic nitrogens is 3. The molecular weight excluding hydrogens is 427 g/mol. The average molecular weight is 442 g/mol. The van der Waals surface area contributed by atoms with E-state index in [4.69, 9.17) is 5.73 Å². The van der Waals surface area contributed by atoms with Crippen molar-refractivity contribution >= 4 is 5.82 Å². The Morgan fingerprint density at radius 3 is 2.06 bits per heavy atom. The number of nitrogens with zero attached hydrogens (tertiary/aromatic N) is 3. The van der Waals surface area contributed by atoms with Crippen LogP contribution in [0.3, 0.4) is 0 Å². The molecule has 32 heavy (non-hydrogen) atoms. The van der Waals surface area contributed by atoms with Crippen molar-refractivity contribution < 1.29 is 22.0 Å². The topological polar surface area (TPSA) is 64.7 Å². The van der Waals surface area contributed by atoms with Crippen LogP contribution in [-0.4, -0.2) is 15.0 Å². The number of nitrogen functional groups attached to an aromatic ring is 1. The maximum atomic E-state index is 13.5. The van der Waals surface area contributed by atoms with Gasteiger partial charge >= 0.3 is 6.18 Å². The minimum absolute atomic E-state index is 0.0305. The fourth-order valence-corrected chi connectivity index (χ4v) is 3.10. The normalized spacial score (nSPS) is 11.7. The zero-order chi connectivity index (χ0) is 22.9. The molecule has 2 aromatic carbocycles. The maximum absolute atomic E-state index is 13.5. The third kappa shape index (κ3) is 4.56. The summed E-state index contributed by atoms with van der Waals surface area (Å²) in [5, 5.41) is 0. The fraction of sp³-hybridized carbons (Fsp3) is 0.0870. The molecule has 2 aromatic heterocycles. The third-order valence-corrected chi connectivity index (χ3v) is 4.72. The maximum Gasteiger partial charge on any atom is 0.416 e. The Morgan fingerprint density at radius 2 is 1.44 bits per heavy atom. The molecule has 0 unspecified atom stereocenters. The van der Waals surface area contributed by atoms with Crippen LogP contribution < -0.4 is 5.73 Å². The number of halogens is 5. The van der Waals surface area contributed by atoms with E-state index in [0.717, 1.165) is 29.3 Å². The molecule has 0 atom stereocenters. The van der Waals surface area contributed by atoms with Crippen molar-refractivity contribution in [2.75, 3.05) is 5.73 Å². The predicted octanol–water partition coefficient (Wildman–Crippen LogP) is 6.41. The smallest absolute Gasteiger partial charge is 0.384 e. The van der Waals surface area contributed by atoms with E-state index in [1.165, 1.54) is 12.1 Å². The number of benzene rings is 2. The number of anilines is 1. The summed E-state index contributed by atoms with van der Waals surface area (Å²) in [5.41, 5.74) is 6.58. The molecule has 4 rings (SSSR count). The lowest BCUT2D eigenvalue weighted by atomic mass is 10.0. The van der Waals surface area contributed by atoms with Crippen molar-refractivity contribution in [2.24, 2.45) is 0 Å². The van der Waals surface area contributed by atoms with Crippen molar-refractivity contribution in [3.8, 4) is 33.8 Å². The quantitative estimate of drug-likeness (QED) is 0.371. The van der Waals surface area contributed by atoms with Crippen LogP contribution in [0, 0.1) is 0 Å². The highest BCUT2D eigenvalue weighted by atomic mass is 19.4. The highest BCUT2D eigenvalue weighted by Gasteiger charge is 2.30. The number of alkyl halides is 5. The van der Waals surface area contributed by atoms with Gasteiger partial charge in [0.05, 0.1) is 11.3 Å². The third-order valence-electron chi connectivity index (χ3n) is 4.72. The Morgan fingerprint density at radius 1 is 0.750 bits per heavy atom. The van der Waals surface area contributed by atoms with Gasteiger partial charge in [0.1, 0.15) is 11.5 Å². The fourth-order valence-electron chi connectivity index (χ4n) is 3.10. The Labute approximate surface area is 179 Å². The molecule has 0 saturated carbocycles. The van der Waals surface area contributed by atoms with Gasteiger partial charge in [-0.25, -0.2) is 23.7 Å². The second-order valence-electron chi connectivity index (χ2n) is 6.93. The summed E-state index contributed by atoms with van der Waals surface area (Å²) in [4.78, 5) is 12.3. The summed E-state index contributed by atoms with van der Waals surface area (Å²) < 4.78 is 65.5. The minimum atomic E-state index is -4.50. The lowest BCUT2D eigenvalue weighted by molar-refractivity contribution is -0.137. The first-order chi connectivity index (χ1) is 15.2. The molecule has 2 N–H and O–H groups in total. The number of hydrogen-bond donors (Lipinski definition) is 1. The molecule has 0 amide bonds. The van der Waals surface area contributed by atoms with Crippen LogP contribution in [0.5, 0.6) is 0 Å². The second kappa shape index (κ2) is 8.33. The molecule has 162 valence electrons. The number of hydrogen-bond acceptors (Lipinski definition) is 4. The first kappa shape index (κ1) is 21.4. The van der Waals surface area contributed by atoms with Crippen LogP contribution in [0.1, 0.15) is 17.7 Å². The van der Waals surface area contributed by atoms with E-state index in [1.54, 1.807) is 36.5 Å². The van der Waals surface area contributed by atoms with Gasteiger partial charge in [-0.15, -0.1) is 0 Å². The van der Waals surface area contributed by atoms with Crippen LogP contribution in [0.15, 0.2) is 72.9 Å². The van der Waals surface area contributed by atoms with E-state index in [-0.39, 0.29) is 17.1 Å². The Kier molecular flexibility index (Phi) is 5.56. The van der Waals surface area contributed by atoms with Crippen LogP contribution in [-0.2, 0) is 6.18 Å². The van der Waals surface area contributed by atoms with E-state index < -0.39 is 23.9 Å². The summed E-state index contributed by atoms with van der Waals surface area (Å²) >= 11 is 0. The molecule has 0 saturated heterocycles. The van der Waals surface area contributed by atoms with E-state index in [9.17, 15) is 22.0 Å². The van der Waals surface area contributed by atoms with Crippen molar-refractivity contribution in [1.82, 2.24) is 15.0 Å². The van der Waals surface area contributed by atoms with Gasteiger partial charge < -0.3 is 5.73 Å². The lowest BCUT2D eigenvalue weighted by Crippen LogP contribution is -2.04. The van der Waals surface area contributed by atoms with Gasteiger partial charge in [0.25, 0.3) is 6.43 Å². The van der Waals surface area contributed by atoms with Crippen molar-refractivity contribution in [3.63, 3.8) is 0 Å². The molecular formula is C23H15F5N4. The summed E-state index contributed by atoms with van der Waals surface area (Å²) in [6.45, 7) is 0. The Hall–Kier alpha value is -3.88. The summed E-state index contributed by atoms with van der Waals surface area (Å²) in [5.74, 6) is 0.391. The monoisotopic (exact) mass is 442 g/mol. The molecule has 0 spiro atoms. The zero-order valence-electron chi connectivity index (χ0n) is 16.3. The zero-order valence-corrected chi connectivity index (χ0v) is 16.3. The van der Waals surface area contributed by atoms with Crippen molar-refractivity contribution in [1.29, 1.82) is 0 Å². The molecule has 0 aliphatic heterocycles.